The maximum atomic E-state index is 13.1. The third-order valence-electron chi connectivity index (χ3n) is 3.73. The molecule has 0 fully saturated rings. The molecule has 0 saturated heterocycles. The van der Waals surface area contributed by atoms with Crippen LogP contribution in [0, 0.1) is 5.82 Å². The molecule has 1 aliphatic rings. The number of halogens is 1. The van der Waals surface area contributed by atoms with Crippen LogP contribution in [0.5, 0.6) is 5.75 Å². The minimum absolute atomic E-state index is 0.140. The molecule has 5 heteroatoms. The van der Waals surface area contributed by atoms with Gasteiger partial charge in [-0.1, -0.05) is 6.07 Å². The number of hydrogen-bond donors (Lipinski definition) is 2. The Balaban J connectivity index is 1.87. The van der Waals surface area contributed by atoms with Crippen molar-refractivity contribution in [2.45, 2.75) is 13.0 Å². The average Bonchev–Trinajstić information content (AvgIpc) is 2.46. The summed E-state index contributed by atoms with van der Waals surface area (Å²) in [6.45, 7) is 0.993. The van der Waals surface area contributed by atoms with Gasteiger partial charge >= 0.3 is 0 Å². The number of aromatic hydroxyl groups is 1. The number of carbonyl (C=O) groups is 1. The van der Waals surface area contributed by atoms with Crippen LogP contribution >= 0.6 is 0 Å². The van der Waals surface area contributed by atoms with Gasteiger partial charge in [0.05, 0.1) is 5.56 Å². The van der Waals surface area contributed by atoms with Crippen LogP contribution in [0.3, 0.4) is 0 Å². The summed E-state index contributed by atoms with van der Waals surface area (Å²) in [6, 6.07) is 8.98. The van der Waals surface area contributed by atoms with Gasteiger partial charge in [0.1, 0.15) is 11.6 Å². The van der Waals surface area contributed by atoms with Crippen LogP contribution in [0.1, 0.15) is 21.5 Å². The van der Waals surface area contributed by atoms with Crippen molar-refractivity contribution in [2.75, 3.05) is 12.3 Å². The van der Waals surface area contributed by atoms with Crippen LogP contribution in [0.4, 0.5) is 10.1 Å². The van der Waals surface area contributed by atoms with Gasteiger partial charge in [-0.25, -0.2) is 4.39 Å². The standard InChI is InChI=1S/C16H15FN2O2/c17-12-2-4-14(15(18)8-12)16(21)19-6-5-10-1-3-13(20)7-11(10)9-19/h1-4,7-8,20H,5-6,9,18H2. The zero-order valence-electron chi connectivity index (χ0n) is 11.3. The summed E-state index contributed by atoms with van der Waals surface area (Å²) in [4.78, 5) is 14.1. The van der Waals surface area contributed by atoms with E-state index in [9.17, 15) is 14.3 Å². The highest BCUT2D eigenvalue weighted by atomic mass is 19.1. The highest BCUT2D eigenvalue weighted by molar-refractivity contribution is 5.99. The van der Waals surface area contributed by atoms with E-state index in [-0.39, 0.29) is 17.3 Å². The monoisotopic (exact) mass is 286 g/mol. The van der Waals surface area contributed by atoms with Crippen LogP contribution in [0.2, 0.25) is 0 Å². The molecular weight excluding hydrogens is 271 g/mol. The Hall–Kier alpha value is -2.56. The fraction of sp³-hybridized carbons (Fsp3) is 0.188. The number of fused-ring (bicyclic) bond motifs is 1. The number of nitrogen functional groups attached to an aromatic ring is 1. The summed E-state index contributed by atoms with van der Waals surface area (Å²) < 4.78 is 13.1. The Morgan fingerprint density at radius 1 is 1.19 bits per heavy atom. The molecule has 1 heterocycles. The van der Waals surface area contributed by atoms with Crippen LogP contribution in [-0.4, -0.2) is 22.5 Å². The van der Waals surface area contributed by atoms with Gasteiger partial charge in [-0.2, -0.15) is 0 Å². The third kappa shape index (κ3) is 2.54. The molecule has 108 valence electrons. The first-order chi connectivity index (χ1) is 10.0. The van der Waals surface area contributed by atoms with Crippen molar-refractivity contribution in [1.29, 1.82) is 0 Å². The van der Waals surface area contributed by atoms with Gasteiger partial charge in [-0.3, -0.25) is 4.79 Å². The number of amides is 1. The fourth-order valence-electron chi connectivity index (χ4n) is 2.62. The first-order valence-corrected chi connectivity index (χ1v) is 6.69. The summed E-state index contributed by atoms with van der Waals surface area (Å²) in [7, 11) is 0. The van der Waals surface area contributed by atoms with Crippen LogP contribution in [-0.2, 0) is 13.0 Å². The van der Waals surface area contributed by atoms with E-state index >= 15 is 0 Å². The van der Waals surface area contributed by atoms with Crippen molar-refractivity contribution >= 4 is 11.6 Å². The number of nitrogens with two attached hydrogens (primary N) is 1. The highest BCUT2D eigenvalue weighted by Crippen LogP contribution is 2.25. The minimum Gasteiger partial charge on any atom is -0.508 e. The Labute approximate surface area is 121 Å². The zero-order valence-corrected chi connectivity index (χ0v) is 11.3. The molecule has 1 amide bonds. The molecule has 1 aliphatic heterocycles. The van der Waals surface area contributed by atoms with Crippen molar-refractivity contribution in [3.63, 3.8) is 0 Å². The SMILES string of the molecule is Nc1cc(F)ccc1C(=O)N1CCc2ccc(O)cc2C1. The smallest absolute Gasteiger partial charge is 0.256 e. The molecule has 0 radical (unpaired) electrons. The Kier molecular flexibility index (Phi) is 3.25. The van der Waals surface area contributed by atoms with Crippen molar-refractivity contribution in [3.05, 3.63) is 58.9 Å². The minimum atomic E-state index is -0.460. The van der Waals surface area contributed by atoms with E-state index in [0.29, 0.717) is 18.7 Å². The lowest BCUT2D eigenvalue weighted by molar-refractivity contribution is 0.0735. The maximum absolute atomic E-state index is 13.1. The van der Waals surface area contributed by atoms with E-state index in [1.54, 1.807) is 17.0 Å². The van der Waals surface area contributed by atoms with Crippen LogP contribution < -0.4 is 5.73 Å². The summed E-state index contributed by atoms with van der Waals surface area (Å²) in [6.07, 6.45) is 0.725. The summed E-state index contributed by atoms with van der Waals surface area (Å²) >= 11 is 0. The Bertz CT molecular complexity index is 715. The van der Waals surface area contributed by atoms with Crippen molar-refractivity contribution in [3.8, 4) is 5.75 Å². The summed E-state index contributed by atoms with van der Waals surface area (Å²) in [5.41, 5.74) is 8.22. The van der Waals surface area contributed by atoms with Crippen molar-refractivity contribution in [2.24, 2.45) is 0 Å². The molecular formula is C16H15FN2O2. The number of carbonyl (C=O) groups excluding carboxylic acids is 1. The topological polar surface area (TPSA) is 66.6 Å². The number of hydrogen-bond acceptors (Lipinski definition) is 3. The predicted molar refractivity (Wildman–Crippen MR) is 77.4 cm³/mol. The van der Waals surface area contributed by atoms with Crippen molar-refractivity contribution < 1.29 is 14.3 Å². The second kappa shape index (κ2) is 5.09. The van der Waals surface area contributed by atoms with E-state index in [1.165, 1.54) is 12.1 Å². The predicted octanol–water partition coefficient (Wildman–Crippen LogP) is 2.31. The molecule has 0 spiro atoms. The van der Waals surface area contributed by atoms with E-state index < -0.39 is 5.82 Å². The largest absolute Gasteiger partial charge is 0.508 e. The van der Waals surface area contributed by atoms with Gasteiger partial charge in [0.2, 0.25) is 0 Å². The lowest BCUT2D eigenvalue weighted by Crippen LogP contribution is -2.36. The number of nitrogens with zero attached hydrogens (tertiary/aromatic N) is 1. The molecule has 0 atom stereocenters. The van der Waals surface area contributed by atoms with Gasteiger partial charge in [0.25, 0.3) is 5.91 Å². The summed E-state index contributed by atoms with van der Waals surface area (Å²) in [5.74, 6) is -0.496. The van der Waals surface area contributed by atoms with Crippen molar-refractivity contribution in [1.82, 2.24) is 4.90 Å². The Morgan fingerprint density at radius 2 is 2.00 bits per heavy atom. The van der Waals surface area contributed by atoms with Gasteiger partial charge in [0, 0.05) is 18.8 Å². The third-order valence-corrected chi connectivity index (χ3v) is 3.73. The maximum Gasteiger partial charge on any atom is 0.256 e. The zero-order chi connectivity index (χ0) is 15.0. The highest BCUT2D eigenvalue weighted by Gasteiger charge is 2.23. The van der Waals surface area contributed by atoms with Gasteiger partial charge < -0.3 is 15.7 Å². The molecule has 2 aromatic rings. The lowest BCUT2D eigenvalue weighted by Gasteiger charge is -2.29. The molecule has 21 heavy (non-hydrogen) atoms. The van der Waals surface area contributed by atoms with Gasteiger partial charge in [-0.05, 0) is 47.9 Å². The fourth-order valence-corrected chi connectivity index (χ4v) is 2.62. The number of phenols is 1. The quantitative estimate of drug-likeness (QED) is 0.791. The number of phenolic OH excluding ortho intramolecular Hbond substituents is 1. The molecule has 0 aromatic heterocycles. The number of rotatable bonds is 1. The second-order valence-electron chi connectivity index (χ2n) is 5.16. The molecule has 2 aromatic carbocycles. The second-order valence-corrected chi connectivity index (χ2v) is 5.16. The molecule has 0 saturated carbocycles. The molecule has 3 rings (SSSR count). The first kappa shape index (κ1) is 13.4. The number of anilines is 1. The Morgan fingerprint density at radius 3 is 2.76 bits per heavy atom. The molecule has 3 N–H and O–H groups in total. The van der Waals surface area contributed by atoms with Crippen LogP contribution in [0.15, 0.2) is 36.4 Å². The lowest BCUT2D eigenvalue weighted by atomic mass is 9.98. The van der Waals surface area contributed by atoms with E-state index in [0.717, 1.165) is 23.6 Å². The molecule has 4 nitrogen and oxygen atoms in total. The molecule has 0 unspecified atom stereocenters. The average molecular weight is 286 g/mol. The molecule has 0 bridgehead atoms. The molecule has 0 aliphatic carbocycles. The number of benzene rings is 2. The van der Waals surface area contributed by atoms with Gasteiger partial charge in [0.15, 0.2) is 0 Å². The van der Waals surface area contributed by atoms with E-state index in [4.69, 9.17) is 5.73 Å². The van der Waals surface area contributed by atoms with E-state index in [1.807, 2.05) is 6.07 Å². The van der Waals surface area contributed by atoms with Crippen LogP contribution in [0.25, 0.3) is 0 Å². The normalized spacial score (nSPS) is 13.9. The first-order valence-electron chi connectivity index (χ1n) is 6.69. The van der Waals surface area contributed by atoms with Gasteiger partial charge in [-0.15, -0.1) is 0 Å². The van der Waals surface area contributed by atoms with E-state index in [2.05, 4.69) is 0 Å². The summed E-state index contributed by atoms with van der Waals surface area (Å²) in [5, 5.41) is 9.54.